The second-order valence-electron chi connectivity index (χ2n) is 5.18. The van der Waals surface area contributed by atoms with Crippen molar-refractivity contribution in [2.75, 3.05) is 0 Å². The summed E-state index contributed by atoms with van der Waals surface area (Å²) >= 11 is 0. The van der Waals surface area contributed by atoms with Crippen molar-refractivity contribution in [3.63, 3.8) is 0 Å². The second-order valence-corrected chi connectivity index (χ2v) is 5.85. The molecule has 0 aliphatic carbocycles. The zero-order valence-corrected chi connectivity index (χ0v) is 13.6. The fraction of sp³-hybridized carbons (Fsp3) is 0. The largest absolute Gasteiger partial charge is 0.289 e. The molecule has 0 atom stereocenters. The Labute approximate surface area is 141 Å². The third-order valence-corrected chi connectivity index (χ3v) is 4.25. The quantitative estimate of drug-likeness (QED) is 0.523. The van der Waals surface area contributed by atoms with Gasteiger partial charge in [0.1, 0.15) is 0 Å². The van der Waals surface area contributed by atoms with Gasteiger partial charge in [0.2, 0.25) is 0 Å². The third kappa shape index (κ3) is 3.08. The molecule has 4 heteroatoms. The topological polar surface area (TPSA) is 51.2 Å². The first-order valence-corrected chi connectivity index (χ1v) is 8.19. The van der Waals surface area contributed by atoms with E-state index in [1.165, 1.54) is 0 Å². The molecule has 0 aliphatic rings. The summed E-state index contributed by atoms with van der Waals surface area (Å²) in [6, 6.07) is 22.2. The molecule has 0 unspecified atom stereocenters. The molecular weight excluding hydrogens is 319 g/mol. The number of hydrogen-bond donors (Lipinski definition) is 0. The van der Waals surface area contributed by atoms with Gasteiger partial charge >= 0.3 is 0 Å². The SMILES string of the molecule is O=Pc1cccc(C(=O)c2ccccc2)c1C(=O)c1ccccc1. The van der Waals surface area contributed by atoms with E-state index in [-0.39, 0.29) is 31.2 Å². The first-order valence-electron chi connectivity index (χ1n) is 7.38. The summed E-state index contributed by atoms with van der Waals surface area (Å²) in [6.45, 7) is 0. The lowest BCUT2D eigenvalue weighted by molar-refractivity contribution is 0.100. The van der Waals surface area contributed by atoms with Crippen LogP contribution in [0.3, 0.4) is 0 Å². The standard InChI is InChI=1S/C20H13O3P/c21-19(14-8-3-1-4-9-14)16-12-7-13-17(24-23)18(16)20(22)15-10-5-2-6-11-15/h1-13H. The Morgan fingerprint density at radius 3 is 1.71 bits per heavy atom. The lowest BCUT2D eigenvalue weighted by atomic mass is 9.93. The monoisotopic (exact) mass is 332 g/mol. The Kier molecular flexibility index (Phi) is 4.74. The summed E-state index contributed by atoms with van der Waals surface area (Å²) in [6.07, 6.45) is 0. The Morgan fingerprint density at radius 2 is 1.17 bits per heavy atom. The van der Waals surface area contributed by atoms with Crippen molar-refractivity contribution in [1.29, 1.82) is 0 Å². The van der Waals surface area contributed by atoms with Gasteiger partial charge < -0.3 is 0 Å². The van der Waals surface area contributed by atoms with Gasteiger partial charge in [-0.15, -0.1) is 0 Å². The molecule has 0 saturated carbocycles. The minimum Gasteiger partial charge on any atom is -0.289 e. The van der Waals surface area contributed by atoms with Crippen molar-refractivity contribution in [3.05, 3.63) is 101 Å². The maximum Gasteiger partial charge on any atom is 0.194 e. The average Bonchev–Trinajstić information content (AvgIpc) is 2.67. The summed E-state index contributed by atoms with van der Waals surface area (Å²) < 4.78 is 11.5. The molecule has 0 heterocycles. The van der Waals surface area contributed by atoms with Crippen LogP contribution in [0.15, 0.2) is 78.9 Å². The number of hydrogen-bond acceptors (Lipinski definition) is 3. The summed E-state index contributed by atoms with van der Waals surface area (Å²) in [7, 11) is -0.294. The van der Waals surface area contributed by atoms with Crippen molar-refractivity contribution < 1.29 is 14.2 Å². The maximum atomic E-state index is 12.9. The van der Waals surface area contributed by atoms with E-state index in [0.29, 0.717) is 16.4 Å². The molecule has 0 spiro atoms. The van der Waals surface area contributed by atoms with Crippen LogP contribution < -0.4 is 5.30 Å². The van der Waals surface area contributed by atoms with Gasteiger partial charge in [0.05, 0.1) is 5.30 Å². The van der Waals surface area contributed by atoms with E-state index in [9.17, 15) is 14.2 Å². The second kappa shape index (κ2) is 7.12. The molecule has 0 bridgehead atoms. The Morgan fingerprint density at radius 1 is 0.625 bits per heavy atom. The first kappa shape index (κ1) is 16.0. The molecular formula is C20H13O3P. The van der Waals surface area contributed by atoms with Crippen LogP contribution in [0.2, 0.25) is 0 Å². The molecule has 0 fully saturated rings. The van der Waals surface area contributed by atoms with Gasteiger partial charge in [-0.1, -0.05) is 72.8 Å². The van der Waals surface area contributed by atoms with Gasteiger partial charge in [-0.25, -0.2) is 0 Å². The molecule has 0 N–H and O–H groups in total. The molecule has 24 heavy (non-hydrogen) atoms. The minimum atomic E-state index is -0.311. The van der Waals surface area contributed by atoms with Gasteiger partial charge in [-0.05, 0) is 6.07 Å². The summed E-state index contributed by atoms with van der Waals surface area (Å²) in [4.78, 5) is 25.7. The summed E-state index contributed by atoms with van der Waals surface area (Å²) in [5.74, 6) is -0.575. The third-order valence-electron chi connectivity index (χ3n) is 3.68. The molecule has 116 valence electrons. The van der Waals surface area contributed by atoms with Crippen LogP contribution in [0.5, 0.6) is 0 Å². The van der Waals surface area contributed by atoms with Crippen LogP contribution in [-0.2, 0) is 4.57 Å². The van der Waals surface area contributed by atoms with Crippen molar-refractivity contribution in [2.45, 2.75) is 0 Å². The highest BCUT2D eigenvalue weighted by atomic mass is 31.1. The molecule has 3 aromatic carbocycles. The van der Waals surface area contributed by atoms with Crippen molar-refractivity contribution >= 4 is 25.3 Å². The maximum absolute atomic E-state index is 12.9. The van der Waals surface area contributed by atoms with Crippen LogP contribution >= 0.6 is 8.46 Å². The average molecular weight is 332 g/mol. The lowest BCUT2D eigenvalue weighted by Gasteiger charge is -2.10. The van der Waals surface area contributed by atoms with Crippen LogP contribution in [0.1, 0.15) is 31.8 Å². The van der Waals surface area contributed by atoms with E-state index >= 15 is 0 Å². The fourth-order valence-corrected chi connectivity index (χ4v) is 2.98. The van der Waals surface area contributed by atoms with Gasteiger partial charge in [0.25, 0.3) is 0 Å². The number of rotatable bonds is 5. The number of ketones is 2. The van der Waals surface area contributed by atoms with Crippen molar-refractivity contribution in [3.8, 4) is 0 Å². The van der Waals surface area contributed by atoms with Crippen LogP contribution in [0.4, 0.5) is 0 Å². The highest BCUT2D eigenvalue weighted by molar-refractivity contribution is 7.34. The fourth-order valence-electron chi connectivity index (χ4n) is 2.52. The molecule has 3 aromatic rings. The molecule has 0 amide bonds. The van der Waals surface area contributed by atoms with E-state index in [0.717, 1.165) is 0 Å². The predicted octanol–water partition coefficient (Wildman–Crippen LogP) is 4.07. The van der Waals surface area contributed by atoms with Crippen molar-refractivity contribution in [1.82, 2.24) is 0 Å². The van der Waals surface area contributed by atoms with Crippen LogP contribution in [-0.4, -0.2) is 11.6 Å². The van der Waals surface area contributed by atoms with E-state index in [4.69, 9.17) is 0 Å². The van der Waals surface area contributed by atoms with Crippen LogP contribution in [0.25, 0.3) is 0 Å². The molecule has 0 saturated heterocycles. The van der Waals surface area contributed by atoms with Gasteiger partial charge in [0, 0.05) is 22.3 Å². The lowest BCUT2D eigenvalue weighted by Crippen LogP contribution is -2.18. The van der Waals surface area contributed by atoms with Crippen molar-refractivity contribution in [2.24, 2.45) is 0 Å². The van der Waals surface area contributed by atoms with Crippen LogP contribution in [0, 0.1) is 0 Å². The molecule has 0 aromatic heterocycles. The number of benzene rings is 3. The smallest absolute Gasteiger partial charge is 0.194 e. The summed E-state index contributed by atoms with van der Waals surface area (Å²) in [5, 5.41) is 0.311. The first-order chi connectivity index (χ1) is 11.7. The van der Waals surface area contributed by atoms with E-state index < -0.39 is 0 Å². The zero-order chi connectivity index (χ0) is 16.9. The number of carbonyl (C=O) groups is 2. The zero-order valence-electron chi connectivity index (χ0n) is 12.7. The van der Waals surface area contributed by atoms with Gasteiger partial charge in [0.15, 0.2) is 20.0 Å². The highest BCUT2D eigenvalue weighted by Crippen LogP contribution is 2.19. The minimum absolute atomic E-state index is 0.189. The summed E-state index contributed by atoms with van der Waals surface area (Å²) in [5.41, 5.74) is 1.39. The molecule has 0 radical (unpaired) electrons. The van der Waals surface area contributed by atoms with E-state index in [1.54, 1.807) is 66.7 Å². The molecule has 3 nitrogen and oxygen atoms in total. The predicted molar refractivity (Wildman–Crippen MR) is 93.4 cm³/mol. The Hall–Kier alpha value is -2.90. The van der Waals surface area contributed by atoms with E-state index in [2.05, 4.69) is 0 Å². The molecule has 3 rings (SSSR count). The number of carbonyl (C=O) groups excluding carboxylic acids is 2. The van der Waals surface area contributed by atoms with Gasteiger partial charge in [-0.2, -0.15) is 0 Å². The van der Waals surface area contributed by atoms with E-state index in [1.807, 2.05) is 12.1 Å². The Balaban J connectivity index is 2.16. The van der Waals surface area contributed by atoms with Gasteiger partial charge in [-0.3, -0.25) is 14.2 Å². The Bertz CT molecular complexity index is 903. The highest BCUT2D eigenvalue weighted by Gasteiger charge is 2.22. The normalized spacial score (nSPS) is 10.5. The molecule has 0 aliphatic heterocycles.